The Morgan fingerprint density at radius 1 is 1.00 bits per heavy atom. The van der Waals surface area contributed by atoms with Crippen LogP contribution >= 0.6 is 0 Å². The number of amides is 2. The molecule has 2 amide bonds. The van der Waals surface area contributed by atoms with E-state index in [0.29, 0.717) is 18.7 Å². The molecule has 4 atom stereocenters. The standard InChI is InChI=1S/C26H34N4O4/c1-17(2)13-21(23(31)26(3)16-34-26)29-25(33)22(14-18-9-5-4-6-10-18)30-24(32)20(27)15-19-11-7-8-12-28-19/h4-12,17,20-22H,13-16,27H2,1-3H3,(H,29,33)(H,30,32)/t20-,21-,22-,26+/m0/s1. The Morgan fingerprint density at radius 3 is 2.24 bits per heavy atom. The first-order valence-corrected chi connectivity index (χ1v) is 11.7. The molecule has 3 rings (SSSR count). The monoisotopic (exact) mass is 466 g/mol. The van der Waals surface area contributed by atoms with Crippen molar-refractivity contribution in [1.82, 2.24) is 15.6 Å². The number of epoxide rings is 1. The quantitative estimate of drug-likeness (QED) is 0.408. The second-order valence-corrected chi connectivity index (χ2v) is 9.46. The van der Waals surface area contributed by atoms with Crippen LogP contribution in [0.1, 0.15) is 38.4 Å². The number of hydrogen-bond donors (Lipinski definition) is 3. The number of aromatic nitrogens is 1. The molecule has 8 nitrogen and oxygen atoms in total. The van der Waals surface area contributed by atoms with Crippen molar-refractivity contribution in [2.45, 2.75) is 63.8 Å². The molecule has 0 unspecified atom stereocenters. The summed E-state index contributed by atoms with van der Waals surface area (Å²) in [6, 6.07) is 12.4. The Labute approximate surface area is 200 Å². The van der Waals surface area contributed by atoms with Gasteiger partial charge in [-0.2, -0.15) is 0 Å². The third-order valence-corrected chi connectivity index (χ3v) is 5.85. The molecule has 182 valence electrons. The van der Waals surface area contributed by atoms with Crippen LogP contribution in [0.2, 0.25) is 0 Å². The zero-order chi connectivity index (χ0) is 24.7. The van der Waals surface area contributed by atoms with E-state index in [4.69, 9.17) is 10.5 Å². The maximum absolute atomic E-state index is 13.3. The molecular formula is C26H34N4O4. The van der Waals surface area contributed by atoms with Gasteiger partial charge in [-0.05, 0) is 37.0 Å². The van der Waals surface area contributed by atoms with E-state index >= 15 is 0 Å². The SMILES string of the molecule is CC(C)C[C@H](NC(=O)[C@H](Cc1ccccc1)NC(=O)[C@@H](N)Cc1ccccn1)C(=O)[C@@]1(C)CO1. The molecule has 2 heterocycles. The van der Waals surface area contributed by atoms with Crippen molar-refractivity contribution in [3.05, 3.63) is 66.0 Å². The normalized spacial score (nSPS) is 19.7. The molecule has 1 saturated heterocycles. The van der Waals surface area contributed by atoms with E-state index in [9.17, 15) is 14.4 Å². The minimum Gasteiger partial charge on any atom is -0.361 e. The highest BCUT2D eigenvalue weighted by atomic mass is 16.6. The van der Waals surface area contributed by atoms with Crippen LogP contribution in [-0.4, -0.2) is 52.9 Å². The number of Topliss-reactive ketones (excluding diaryl/α,β-unsaturated/α-hetero) is 1. The van der Waals surface area contributed by atoms with Crippen molar-refractivity contribution in [3.8, 4) is 0 Å². The number of ketones is 1. The van der Waals surface area contributed by atoms with Crippen molar-refractivity contribution in [3.63, 3.8) is 0 Å². The zero-order valence-electron chi connectivity index (χ0n) is 20.0. The number of benzene rings is 1. The first-order chi connectivity index (χ1) is 16.2. The second kappa shape index (κ2) is 11.4. The van der Waals surface area contributed by atoms with Crippen molar-refractivity contribution in [2.24, 2.45) is 11.7 Å². The molecule has 34 heavy (non-hydrogen) atoms. The summed E-state index contributed by atoms with van der Waals surface area (Å²) in [6.45, 7) is 6.06. The summed E-state index contributed by atoms with van der Waals surface area (Å²) in [5.74, 6) is -0.840. The van der Waals surface area contributed by atoms with E-state index in [1.807, 2.05) is 50.2 Å². The van der Waals surface area contributed by atoms with Gasteiger partial charge < -0.3 is 21.1 Å². The Kier molecular flexibility index (Phi) is 8.52. The van der Waals surface area contributed by atoms with Gasteiger partial charge in [-0.3, -0.25) is 19.4 Å². The van der Waals surface area contributed by atoms with Gasteiger partial charge in [0.1, 0.15) is 11.6 Å². The predicted molar refractivity (Wildman–Crippen MR) is 129 cm³/mol. The van der Waals surface area contributed by atoms with Crippen LogP contribution in [0.15, 0.2) is 54.7 Å². The average molecular weight is 467 g/mol. The highest BCUT2D eigenvalue weighted by Crippen LogP contribution is 2.29. The van der Waals surface area contributed by atoms with Crippen molar-refractivity contribution >= 4 is 17.6 Å². The van der Waals surface area contributed by atoms with Gasteiger partial charge in [-0.15, -0.1) is 0 Å². The van der Waals surface area contributed by atoms with Gasteiger partial charge in [0, 0.05) is 24.7 Å². The number of nitrogens with one attached hydrogen (secondary N) is 2. The van der Waals surface area contributed by atoms with E-state index in [1.165, 1.54) is 0 Å². The third kappa shape index (κ3) is 7.20. The van der Waals surface area contributed by atoms with Crippen LogP contribution in [0, 0.1) is 5.92 Å². The molecule has 1 aliphatic rings. The number of carbonyl (C=O) groups is 3. The van der Waals surface area contributed by atoms with Crippen LogP contribution in [0.4, 0.5) is 0 Å². The fourth-order valence-corrected chi connectivity index (χ4v) is 3.77. The van der Waals surface area contributed by atoms with Crippen molar-refractivity contribution in [1.29, 1.82) is 0 Å². The average Bonchev–Trinajstić information content (AvgIpc) is 3.57. The lowest BCUT2D eigenvalue weighted by Crippen LogP contribution is -2.56. The van der Waals surface area contributed by atoms with Crippen LogP contribution in [0.3, 0.4) is 0 Å². The van der Waals surface area contributed by atoms with Gasteiger partial charge in [0.25, 0.3) is 0 Å². The smallest absolute Gasteiger partial charge is 0.243 e. The molecule has 1 aromatic carbocycles. The van der Waals surface area contributed by atoms with Crippen LogP contribution < -0.4 is 16.4 Å². The summed E-state index contributed by atoms with van der Waals surface area (Å²) in [4.78, 5) is 43.4. The fraction of sp³-hybridized carbons (Fsp3) is 0.462. The minimum atomic E-state index is -0.889. The van der Waals surface area contributed by atoms with Gasteiger partial charge in [0.05, 0.1) is 18.7 Å². The summed E-state index contributed by atoms with van der Waals surface area (Å²) < 4.78 is 5.32. The van der Waals surface area contributed by atoms with Gasteiger partial charge in [-0.25, -0.2) is 0 Å². The highest BCUT2D eigenvalue weighted by molar-refractivity contribution is 5.98. The molecule has 0 aliphatic carbocycles. The van der Waals surface area contributed by atoms with E-state index in [0.717, 1.165) is 5.56 Å². The largest absolute Gasteiger partial charge is 0.361 e. The molecule has 0 saturated carbocycles. The maximum Gasteiger partial charge on any atom is 0.243 e. The lowest BCUT2D eigenvalue weighted by molar-refractivity contribution is -0.133. The van der Waals surface area contributed by atoms with E-state index < -0.39 is 35.5 Å². The molecule has 0 bridgehead atoms. The van der Waals surface area contributed by atoms with Crippen LogP contribution in [0.5, 0.6) is 0 Å². The number of rotatable bonds is 12. The molecule has 0 spiro atoms. The topological polar surface area (TPSA) is 127 Å². The van der Waals surface area contributed by atoms with Crippen LogP contribution in [-0.2, 0) is 32.0 Å². The van der Waals surface area contributed by atoms with E-state index in [2.05, 4.69) is 15.6 Å². The highest BCUT2D eigenvalue weighted by Gasteiger charge is 2.50. The molecule has 2 aromatic rings. The zero-order valence-corrected chi connectivity index (χ0v) is 20.0. The lowest BCUT2D eigenvalue weighted by atomic mass is 9.93. The van der Waals surface area contributed by atoms with Crippen molar-refractivity contribution in [2.75, 3.05) is 6.61 Å². The molecule has 1 aromatic heterocycles. The second-order valence-electron chi connectivity index (χ2n) is 9.46. The Morgan fingerprint density at radius 2 is 1.65 bits per heavy atom. The number of nitrogens with zero attached hydrogens (tertiary/aromatic N) is 1. The summed E-state index contributed by atoms with van der Waals surface area (Å²) in [5.41, 5.74) is 6.84. The lowest BCUT2D eigenvalue weighted by Gasteiger charge is -2.26. The third-order valence-electron chi connectivity index (χ3n) is 5.85. The Hall–Kier alpha value is -3.10. The summed E-state index contributed by atoms with van der Waals surface area (Å²) in [5, 5.41) is 5.66. The number of nitrogens with two attached hydrogens (primary N) is 1. The number of ether oxygens (including phenoxy) is 1. The van der Waals surface area contributed by atoms with Gasteiger partial charge in [-0.1, -0.05) is 50.2 Å². The molecular weight excluding hydrogens is 432 g/mol. The summed E-state index contributed by atoms with van der Waals surface area (Å²) in [6.07, 6.45) is 2.64. The van der Waals surface area contributed by atoms with Crippen molar-refractivity contribution < 1.29 is 19.1 Å². The Balaban J connectivity index is 1.73. The van der Waals surface area contributed by atoms with Gasteiger partial charge in [0.2, 0.25) is 11.8 Å². The molecule has 8 heteroatoms. The minimum absolute atomic E-state index is 0.147. The van der Waals surface area contributed by atoms with E-state index in [1.54, 1.807) is 25.3 Å². The first-order valence-electron chi connectivity index (χ1n) is 11.7. The maximum atomic E-state index is 13.3. The fourth-order valence-electron chi connectivity index (χ4n) is 3.77. The Bertz CT molecular complexity index is 977. The van der Waals surface area contributed by atoms with E-state index in [-0.39, 0.29) is 24.5 Å². The molecule has 1 aliphatic heterocycles. The molecule has 0 radical (unpaired) electrons. The van der Waals surface area contributed by atoms with Gasteiger partial charge >= 0.3 is 0 Å². The van der Waals surface area contributed by atoms with Gasteiger partial charge in [0.15, 0.2) is 5.78 Å². The molecule has 1 fully saturated rings. The summed E-state index contributed by atoms with van der Waals surface area (Å²) >= 11 is 0. The first kappa shape index (κ1) is 25.5. The number of carbonyl (C=O) groups excluding carboxylic acids is 3. The predicted octanol–water partition coefficient (Wildman–Crippen LogP) is 1.57. The number of pyridine rings is 1. The number of hydrogen-bond acceptors (Lipinski definition) is 6. The van der Waals surface area contributed by atoms with Crippen LogP contribution in [0.25, 0.3) is 0 Å². The summed E-state index contributed by atoms with van der Waals surface area (Å²) in [7, 11) is 0. The molecule has 4 N–H and O–H groups in total.